The van der Waals surface area contributed by atoms with Gasteiger partial charge in [-0.15, -0.1) is 0 Å². The van der Waals surface area contributed by atoms with Crippen LogP contribution in [0.25, 0.3) is 0 Å². The van der Waals surface area contributed by atoms with Crippen LogP contribution in [-0.4, -0.2) is 97.1 Å². The standard InChI is InChI=1S/4C9H15NO.4C2H6/c1-7(2)8-4-5-10(3)9(11)6-8;1-7(2)8-4-5-9(11)10(3)6-8;1-7(2)8-5-4-6-10(3)9(8)11;1-7(2)8-5-4-6-9(11)10(8)3;4*1-2/h6-7H,4-5H2,1-3H3;4-5,7-8H,6H2,1-3H3;5,7H,4,6H2,1-3H3;4,6-8H,5H2,1-3H3;4*1-2H3. The molecule has 0 aromatic rings. The fourth-order valence-electron chi connectivity index (χ4n) is 5.21. The molecule has 0 saturated heterocycles. The van der Waals surface area contributed by atoms with Gasteiger partial charge in [-0.3, -0.25) is 19.2 Å². The fraction of sp³-hybridized carbons (Fsp3) is 0.727. The smallest absolute Gasteiger partial charge is 0.249 e. The molecule has 0 aromatic heterocycles. The van der Waals surface area contributed by atoms with E-state index in [9.17, 15) is 19.2 Å². The monoisotopic (exact) mass is 733 g/mol. The first-order valence-corrected chi connectivity index (χ1v) is 20.2. The van der Waals surface area contributed by atoms with E-state index in [0.29, 0.717) is 35.6 Å². The van der Waals surface area contributed by atoms with Gasteiger partial charge in [-0.2, -0.15) is 0 Å². The van der Waals surface area contributed by atoms with Gasteiger partial charge in [-0.1, -0.05) is 135 Å². The lowest BCUT2D eigenvalue weighted by Crippen LogP contribution is -2.41. The van der Waals surface area contributed by atoms with E-state index in [-0.39, 0.29) is 23.6 Å². The highest BCUT2D eigenvalue weighted by atomic mass is 16.2. The topological polar surface area (TPSA) is 81.2 Å². The van der Waals surface area contributed by atoms with Gasteiger partial charge in [-0.05, 0) is 61.0 Å². The quantitative estimate of drug-likeness (QED) is 0.288. The Balaban J connectivity index is -0.000000277. The van der Waals surface area contributed by atoms with Crippen molar-refractivity contribution in [2.45, 2.75) is 136 Å². The summed E-state index contributed by atoms with van der Waals surface area (Å²) in [6.07, 6.45) is 14.2. The van der Waals surface area contributed by atoms with E-state index in [1.165, 1.54) is 5.57 Å². The number of nitrogens with zero attached hydrogens (tertiary/aromatic N) is 4. The van der Waals surface area contributed by atoms with Gasteiger partial charge in [0, 0.05) is 65.5 Å². The molecular formula is C44H84N4O4. The van der Waals surface area contributed by atoms with Crippen molar-refractivity contribution in [3.63, 3.8) is 0 Å². The third-order valence-corrected chi connectivity index (χ3v) is 8.66. The average Bonchev–Trinajstić information content (AvgIpc) is 3.13. The zero-order valence-electron chi connectivity index (χ0n) is 37.6. The number of hydrogen-bond acceptors (Lipinski definition) is 4. The summed E-state index contributed by atoms with van der Waals surface area (Å²) in [6, 6.07) is 0.396. The molecule has 4 heterocycles. The summed E-state index contributed by atoms with van der Waals surface area (Å²) in [5.74, 6) is 3.22. The van der Waals surface area contributed by atoms with Crippen molar-refractivity contribution in [2.75, 3.05) is 47.8 Å². The fourth-order valence-corrected chi connectivity index (χ4v) is 5.21. The Morgan fingerprint density at radius 2 is 1.15 bits per heavy atom. The summed E-state index contributed by atoms with van der Waals surface area (Å²) in [7, 11) is 7.42. The highest BCUT2D eigenvalue weighted by Crippen LogP contribution is 2.20. The van der Waals surface area contributed by atoms with Crippen LogP contribution in [0.3, 0.4) is 0 Å². The SMILES string of the molecule is CC.CC.CC.CC.CC(C)C1=CC(=O)N(C)CC1.CC(C)C1=CCCN(C)C1=O.CC(C)C1C=CC(=O)N(C)C1.CC(C)C1CC=CC(=O)N1C. The molecule has 2 atom stereocenters. The molecule has 0 aromatic carbocycles. The Hall–Kier alpha value is -3.16. The number of amides is 4. The minimum absolute atomic E-state index is 0.127. The van der Waals surface area contributed by atoms with E-state index >= 15 is 0 Å². The molecule has 0 spiro atoms. The van der Waals surface area contributed by atoms with E-state index < -0.39 is 0 Å². The molecule has 0 aliphatic carbocycles. The first kappa shape index (κ1) is 55.6. The maximum Gasteiger partial charge on any atom is 0.249 e. The molecule has 4 rings (SSSR count). The predicted octanol–water partition coefficient (Wildman–Crippen LogP) is 9.68. The van der Waals surface area contributed by atoms with Crippen molar-refractivity contribution >= 4 is 23.6 Å². The zero-order valence-corrected chi connectivity index (χ0v) is 37.6. The van der Waals surface area contributed by atoms with Crippen molar-refractivity contribution in [3.8, 4) is 0 Å². The van der Waals surface area contributed by atoms with Gasteiger partial charge in [0.15, 0.2) is 0 Å². The molecule has 4 aliphatic heterocycles. The van der Waals surface area contributed by atoms with Crippen molar-refractivity contribution in [2.24, 2.45) is 29.6 Å². The minimum atomic E-state index is 0.127. The number of carbonyl (C=O) groups is 4. The van der Waals surface area contributed by atoms with Crippen molar-refractivity contribution in [1.29, 1.82) is 0 Å². The molecule has 304 valence electrons. The maximum absolute atomic E-state index is 11.4. The number of carbonyl (C=O) groups excluding carboxylic acids is 4. The Morgan fingerprint density at radius 3 is 1.54 bits per heavy atom. The van der Waals surface area contributed by atoms with Crippen molar-refractivity contribution in [1.82, 2.24) is 19.6 Å². The third-order valence-electron chi connectivity index (χ3n) is 8.66. The molecule has 2 unspecified atom stereocenters. The highest BCUT2D eigenvalue weighted by Gasteiger charge is 2.23. The van der Waals surface area contributed by atoms with Crippen LogP contribution >= 0.6 is 0 Å². The van der Waals surface area contributed by atoms with Crippen LogP contribution in [-0.2, 0) is 19.2 Å². The summed E-state index contributed by atoms with van der Waals surface area (Å²) in [4.78, 5) is 51.9. The molecule has 4 aliphatic rings. The third kappa shape index (κ3) is 22.0. The predicted molar refractivity (Wildman–Crippen MR) is 226 cm³/mol. The zero-order chi connectivity index (χ0) is 41.7. The Labute approximate surface area is 322 Å². The van der Waals surface area contributed by atoms with Gasteiger partial charge in [0.25, 0.3) is 0 Å². The van der Waals surface area contributed by atoms with Gasteiger partial charge in [0.05, 0.1) is 0 Å². The van der Waals surface area contributed by atoms with Gasteiger partial charge < -0.3 is 19.6 Å². The van der Waals surface area contributed by atoms with E-state index in [0.717, 1.165) is 44.5 Å². The van der Waals surface area contributed by atoms with Crippen molar-refractivity contribution in [3.05, 3.63) is 47.6 Å². The summed E-state index contributed by atoms with van der Waals surface area (Å²) in [5.41, 5.74) is 2.26. The molecule has 0 bridgehead atoms. The first-order chi connectivity index (χ1) is 24.5. The average molecular weight is 733 g/mol. The van der Waals surface area contributed by atoms with E-state index in [1.54, 1.807) is 32.9 Å². The Bertz CT molecular complexity index is 1100. The molecule has 8 nitrogen and oxygen atoms in total. The Morgan fingerprint density at radius 1 is 0.615 bits per heavy atom. The second-order valence-electron chi connectivity index (χ2n) is 13.6. The van der Waals surface area contributed by atoms with Crippen LogP contribution in [0.4, 0.5) is 0 Å². The van der Waals surface area contributed by atoms with Crippen LogP contribution in [0.1, 0.15) is 130 Å². The lowest BCUT2D eigenvalue weighted by atomic mass is 9.93. The second kappa shape index (κ2) is 32.5. The van der Waals surface area contributed by atoms with Gasteiger partial charge in [0.1, 0.15) is 0 Å². The molecule has 0 radical (unpaired) electrons. The summed E-state index contributed by atoms with van der Waals surface area (Å²) < 4.78 is 0. The van der Waals surface area contributed by atoms with Crippen LogP contribution in [0.2, 0.25) is 0 Å². The van der Waals surface area contributed by atoms with Crippen LogP contribution in [0.5, 0.6) is 0 Å². The molecule has 52 heavy (non-hydrogen) atoms. The van der Waals surface area contributed by atoms with Gasteiger partial charge >= 0.3 is 0 Å². The molecule has 8 heteroatoms. The number of rotatable bonds is 4. The molecule has 0 fully saturated rings. The summed E-state index contributed by atoms with van der Waals surface area (Å²) >= 11 is 0. The number of hydrogen-bond donors (Lipinski definition) is 0. The van der Waals surface area contributed by atoms with E-state index in [4.69, 9.17) is 0 Å². The normalized spacial score (nSPS) is 19.1. The lowest BCUT2D eigenvalue weighted by molar-refractivity contribution is -0.128. The number of likely N-dealkylation sites (N-methyl/N-ethyl adjacent to an activating group) is 4. The second-order valence-corrected chi connectivity index (χ2v) is 13.6. The van der Waals surface area contributed by atoms with Gasteiger partial charge in [-0.25, -0.2) is 0 Å². The van der Waals surface area contributed by atoms with E-state index in [1.807, 2.05) is 101 Å². The molecular weight excluding hydrogens is 649 g/mol. The van der Waals surface area contributed by atoms with Crippen LogP contribution < -0.4 is 0 Å². The highest BCUT2D eigenvalue weighted by molar-refractivity contribution is 5.94. The van der Waals surface area contributed by atoms with Crippen LogP contribution in [0.15, 0.2) is 47.6 Å². The summed E-state index contributed by atoms with van der Waals surface area (Å²) in [6.45, 7) is 35.6. The van der Waals surface area contributed by atoms with E-state index in [2.05, 4.69) is 61.5 Å². The minimum Gasteiger partial charge on any atom is -0.342 e. The molecule has 0 saturated carbocycles. The molecule has 0 N–H and O–H groups in total. The largest absolute Gasteiger partial charge is 0.342 e. The van der Waals surface area contributed by atoms with Crippen molar-refractivity contribution < 1.29 is 19.2 Å². The molecule has 4 amide bonds. The maximum atomic E-state index is 11.4. The van der Waals surface area contributed by atoms with Gasteiger partial charge in [0.2, 0.25) is 23.6 Å². The Kier molecular flexibility index (Phi) is 34.7. The van der Waals surface area contributed by atoms with Crippen LogP contribution in [0, 0.1) is 29.6 Å². The summed E-state index contributed by atoms with van der Waals surface area (Å²) in [5, 5.41) is 0. The lowest BCUT2D eigenvalue weighted by Gasteiger charge is -2.32. The first-order valence-electron chi connectivity index (χ1n) is 20.2.